The van der Waals surface area contributed by atoms with Crippen molar-refractivity contribution in [3.63, 3.8) is 0 Å². The molecule has 22 nitrogen and oxygen atoms in total. The summed E-state index contributed by atoms with van der Waals surface area (Å²) in [6.07, 6.45) is 4.38. The lowest BCUT2D eigenvalue weighted by atomic mass is 9.94. The predicted molar refractivity (Wildman–Crippen MR) is 256 cm³/mol. The molecule has 0 unspecified atom stereocenters. The van der Waals surface area contributed by atoms with Gasteiger partial charge in [0.15, 0.2) is 5.78 Å². The number of hydrogen-bond donors (Lipinski definition) is 13. The van der Waals surface area contributed by atoms with Crippen molar-refractivity contribution in [3.8, 4) is 0 Å². The van der Waals surface area contributed by atoms with Crippen LogP contribution in [0, 0.1) is 0 Å². The summed E-state index contributed by atoms with van der Waals surface area (Å²) >= 11 is 0. The van der Waals surface area contributed by atoms with Gasteiger partial charge in [-0.15, -0.1) is 0 Å². The van der Waals surface area contributed by atoms with Crippen LogP contribution in [0.25, 0.3) is 10.9 Å². The van der Waals surface area contributed by atoms with Gasteiger partial charge in [-0.25, -0.2) is 4.98 Å². The number of imidazole rings is 1. The molecule has 0 saturated heterocycles. The lowest BCUT2D eigenvalue weighted by molar-refractivity contribution is -0.136. The minimum atomic E-state index is -1.88. The van der Waals surface area contributed by atoms with Crippen LogP contribution < -0.4 is 55.3 Å². The number of primary amides is 2. The van der Waals surface area contributed by atoms with Crippen molar-refractivity contribution in [1.29, 1.82) is 0 Å². The van der Waals surface area contributed by atoms with Crippen molar-refractivity contribution < 1.29 is 43.5 Å². The van der Waals surface area contributed by atoms with Crippen LogP contribution in [0.1, 0.15) is 51.3 Å². The zero-order valence-corrected chi connectivity index (χ0v) is 39.9. The van der Waals surface area contributed by atoms with Crippen LogP contribution in [0.2, 0.25) is 0 Å². The number of para-hydroxylation sites is 1. The molecule has 2 heterocycles. The Morgan fingerprint density at radius 3 is 2.09 bits per heavy atom. The highest BCUT2D eigenvalue weighted by Crippen LogP contribution is 2.34. The molecule has 0 bridgehead atoms. The third-order valence-corrected chi connectivity index (χ3v) is 15.7. The number of fused-ring (bicyclic) bond motifs is 1. The smallest absolute Gasteiger partial charge is 0.245 e. The zero-order chi connectivity index (χ0) is 48.8. The molecule has 1 saturated carbocycles. The molecule has 1 aliphatic rings. The number of Topliss-reactive ketones (excluding diaryl/α,β-unsaturated/α-hetero) is 1. The van der Waals surface area contributed by atoms with Crippen LogP contribution in [0.4, 0.5) is 0 Å². The molecule has 3 aromatic rings. The molecule has 26 heteroatoms. The molecule has 7 amide bonds. The monoisotopic (exact) mass is 993 g/mol. The van der Waals surface area contributed by atoms with Crippen molar-refractivity contribution in [3.05, 3.63) is 54.2 Å². The van der Waals surface area contributed by atoms with Gasteiger partial charge in [0.25, 0.3) is 0 Å². The molecule has 1 aliphatic carbocycles. The Balaban J connectivity index is 1.32. The molecule has 18 N–H and O–H groups in total. The number of carbonyl (C=O) groups excluding carboxylic acids is 8. The third-order valence-electron chi connectivity index (χ3n) is 10.9. The van der Waals surface area contributed by atoms with Crippen molar-refractivity contribution >= 4 is 101 Å². The van der Waals surface area contributed by atoms with Gasteiger partial charge in [0.2, 0.25) is 41.4 Å². The van der Waals surface area contributed by atoms with E-state index in [-0.39, 0.29) is 36.6 Å². The maximum atomic E-state index is 13.5. The van der Waals surface area contributed by atoms with Gasteiger partial charge in [0, 0.05) is 64.8 Å². The van der Waals surface area contributed by atoms with E-state index in [1.54, 1.807) is 6.20 Å². The van der Waals surface area contributed by atoms with Gasteiger partial charge in [-0.3, -0.25) is 38.4 Å². The topological polar surface area (TPSA) is 392 Å². The molecular formula is C40H59N13O9S4. The van der Waals surface area contributed by atoms with Crippen LogP contribution in [0.3, 0.4) is 0 Å². The van der Waals surface area contributed by atoms with Gasteiger partial charge in [-0.05, 0) is 51.7 Å². The average molecular weight is 994 g/mol. The standard InChI is InChI=1S/C40H59N13O9S4/c1-20(33(57)50-28(8-10-63-64-11-9-40(45)14-31(40)55)36(60)51-29(32(43)56)13-23-16-46-19-48-23)49-35(59)26(42)17-65-66-18-30(37(61)53-39(3,21(2)54)38(44)62)52-34(58)25(41)12-22-15-47-27-7-5-4-6-24(22)27/h4-7,15-16,19-21,25-26,28-30,47,54H,8-14,17-18,41-42,45H2,1-3H3,(H2,43,56)(H2,44,62)(H,46,48)(H,49,59)(H,50,57)(H,51,60)(H,52,58)(H,53,61)/t20-,21+,25-,26-,28-,29-,30-,39-,40-/m0/s1. The highest BCUT2D eigenvalue weighted by molar-refractivity contribution is 8.77. The van der Waals surface area contributed by atoms with E-state index < -0.39 is 94.8 Å². The predicted octanol–water partition coefficient (Wildman–Crippen LogP) is -2.27. The van der Waals surface area contributed by atoms with E-state index in [0.29, 0.717) is 30.0 Å². The first-order valence-corrected chi connectivity index (χ1v) is 25.8. The molecule has 0 radical (unpaired) electrons. The Labute approximate surface area is 396 Å². The van der Waals surface area contributed by atoms with Gasteiger partial charge in [-0.2, -0.15) is 0 Å². The summed E-state index contributed by atoms with van der Waals surface area (Å²) in [4.78, 5) is 113. The third kappa shape index (κ3) is 15.6. The van der Waals surface area contributed by atoms with Gasteiger partial charge in [-0.1, -0.05) is 61.4 Å². The molecule has 0 aliphatic heterocycles. The number of hydrogen-bond acceptors (Lipinski definition) is 17. The fourth-order valence-corrected chi connectivity index (χ4v) is 10.7. The fourth-order valence-electron chi connectivity index (χ4n) is 6.16. The molecular weight excluding hydrogens is 935 g/mol. The number of aliphatic hydroxyl groups is 1. The summed E-state index contributed by atoms with van der Waals surface area (Å²) in [5, 5.41) is 24.0. The number of nitrogens with zero attached hydrogens (tertiary/aromatic N) is 1. The van der Waals surface area contributed by atoms with Gasteiger partial charge in [0.05, 0.1) is 30.1 Å². The Morgan fingerprint density at radius 2 is 1.45 bits per heavy atom. The second-order valence-electron chi connectivity index (χ2n) is 16.1. The van der Waals surface area contributed by atoms with Crippen LogP contribution in [-0.4, -0.2) is 144 Å². The van der Waals surface area contributed by atoms with Crippen molar-refractivity contribution in [2.75, 3.05) is 23.0 Å². The van der Waals surface area contributed by atoms with Crippen molar-refractivity contribution in [2.45, 2.75) is 106 Å². The number of aromatic nitrogens is 3. The molecule has 9 atom stereocenters. The fraction of sp³-hybridized carbons (Fsp3) is 0.525. The molecule has 2 aromatic heterocycles. The maximum Gasteiger partial charge on any atom is 0.245 e. The summed E-state index contributed by atoms with van der Waals surface area (Å²) in [6, 6.07) is 0.501. The minimum Gasteiger partial charge on any atom is -0.390 e. The summed E-state index contributed by atoms with van der Waals surface area (Å²) < 4.78 is 0. The molecule has 66 heavy (non-hydrogen) atoms. The van der Waals surface area contributed by atoms with E-state index in [9.17, 15) is 43.5 Å². The highest BCUT2D eigenvalue weighted by atomic mass is 33.1. The number of benzene rings is 1. The van der Waals surface area contributed by atoms with Crippen LogP contribution in [0.5, 0.6) is 0 Å². The first-order valence-electron chi connectivity index (χ1n) is 20.8. The summed E-state index contributed by atoms with van der Waals surface area (Å²) in [7, 11) is 5.03. The number of aromatic amines is 2. The SMILES string of the molecule is C[C@H](NC(=O)[C@@H](N)CSSC[C@H](NC(=O)[C@@H](N)Cc1c[nH]c2ccccc12)C(=O)N[C@](C)(C(N)=O)[C@@H](C)O)C(=O)N[C@@H](CCSSCC[C@]1(N)CC1=O)C(=O)N[C@@H](Cc1cnc[nH]1)C(N)=O. The first kappa shape index (κ1) is 53.8. The molecule has 1 fully saturated rings. The quantitative estimate of drug-likeness (QED) is 0.0258. The van der Waals surface area contributed by atoms with E-state index in [0.717, 1.165) is 38.1 Å². The number of rotatable bonds is 29. The number of nitrogens with one attached hydrogen (secondary N) is 7. The van der Waals surface area contributed by atoms with Gasteiger partial charge in [0.1, 0.15) is 29.7 Å². The number of ketones is 1. The van der Waals surface area contributed by atoms with E-state index >= 15 is 0 Å². The molecule has 4 rings (SSSR count). The minimum absolute atomic E-state index is 0.0186. The second-order valence-corrected chi connectivity index (χ2v) is 21.4. The summed E-state index contributed by atoms with van der Waals surface area (Å²) in [6.45, 7) is 3.92. The van der Waals surface area contributed by atoms with Crippen LogP contribution >= 0.6 is 43.2 Å². The summed E-state index contributed by atoms with van der Waals surface area (Å²) in [5.41, 5.74) is 29.0. The highest BCUT2D eigenvalue weighted by Gasteiger charge is 2.49. The van der Waals surface area contributed by atoms with Gasteiger partial charge < -0.3 is 70.3 Å². The average Bonchev–Trinajstić information content (AvgIpc) is 3.59. The van der Waals surface area contributed by atoms with Crippen LogP contribution in [0.15, 0.2) is 43.0 Å². The van der Waals surface area contributed by atoms with E-state index in [2.05, 4.69) is 41.5 Å². The zero-order valence-electron chi connectivity index (χ0n) is 36.6. The van der Waals surface area contributed by atoms with E-state index in [4.69, 9.17) is 28.7 Å². The van der Waals surface area contributed by atoms with Gasteiger partial charge >= 0.3 is 0 Å². The molecule has 0 spiro atoms. The van der Waals surface area contributed by atoms with E-state index in [1.807, 2.05) is 24.3 Å². The molecule has 362 valence electrons. The number of carbonyl (C=O) groups is 8. The number of H-pyrrole nitrogens is 2. The van der Waals surface area contributed by atoms with Crippen molar-refractivity contribution in [1.82, 2.24) is 41.5 Å². The lowest BCUT2D eigenvalue weighted by Gasteiger charge is -2.32. The number of amides is 7. The number of aliphatic hydroxyl groups excluding tert-OH is 1. The van der Waals surface area contributed by atoms with Crippen molar-refractivity contribution in [2.24, 2.45) is 28.7 Å². The summed E-state index contributed by atoms with van der Waals surface area (Å²) in [5.74, 6) is -4.56. The Bertz CT molecular complexity index is 2200. The number of nitrogens with two attached hydrogens (primary N) is 5. The van der Waals surface area contributed by atoms with E-state index in [1.165, 1.54) is 54.9 Å². The lowest BCUT2D eigenvalue weighted by Crippen LogP contribution is -2.65. The Kier molecular flexibility index (Phi) is 20.2. The second kappa shape index (κ2) is 24.8. The first-order chi connectivity index (χ1) is 31.1. The Hall–Kier alpha value is -4.83. The normalized spacial score (nSPS) is 18.6. The largest absolute Gasteiger partial charge is 0.390 e. The maximum absolute atomic E-state index is 13.5. The molecule has 1 aromatic carbocycles. The Morgan fingerprint density at radius 1 is 0.818 bits per heavy atom. The van der Waals surface area contributed by atoms with Crippen LogP contribution in [-0.2, 0) is 51.2 Å².